The van der Waals surface area contributed by atoms with Gasteiger partial charge in [-0.3, -0.25) is 4.79 Å². The smallest absolute Gasteiger partial charge is 0.211 e. The molecule has 3 heteroatoms. The van der Waals surface area contributed by atoms with Crippen molar-refractivity contribution in [3.05, 3.63) is 11.5 Å². The van der Waals surface area contributed by atoms with Gasteiger partial charge in [-0.25, -0.2) is 0 Å². The molecule has 0 aliphatic carbocycles. The van der Waals surface area contributed by atoms with Crippen LogP contribution in [0.2, 0.25) is 0 Å². The van der Waals surface area contributed by atoms with Crippen LogP contribution in [0.3, 0.4) is 0 Å². The summed E-state index contributed by atoms with van der Waals surface area (Å²) < 4.78 is 3.29. The Morgan fingerprint density at radius 2 is 2.40 bits per heavy atom. The van der Waals surface area contributed by atoms with Gasteiger partial charge in [0.15, 0.2) is 5.75 Å². The van der Waals surface area contributed by atoms with Crippen LogP contribution >= 0.6 is 0 Å². The molecule has 56 valence electrons. The van der Waals surface area contributed by atoms with Gasteiger partial charge in [0.1, 0.15) is 16.5 Å². The minimum absolute atomic E-state index is 0.0324. The average molecular weight is 158 g/mol. The van der Waals surface area contributed by atoms with Gasteiger partial charge in [0, 0.05) is 12.1 Å². The van der Waals surface area contributed by atoms with E-state index in [9.17, 15) is 4.79 Å². The molecule has 0 saturated carbocycles. The molecule has 1 aliphatic rings. The lowest BCUT2D eigenvalue weighted by atomic mass is 10.4. The van der Waals surface area contributed by atoms with Gasteiger partial charge in [-0.05, 0) is 13.8 Å². The second kappa shape index (κ2) is 3.21. The lowest BCUT2D eigenvalue weighted by Crippen LogP contribution is -2.30. The minimum Gasteiger partial charge on any atom is -0.289 e. The van der Waals surface area contributed by atoms with Gasteiger partial charge in [0.25, 0.3) is 0 Å². The monoisotopic (exact) mass is 158 g/mol. The first-order valence-corrected chi connectivity index (χ1v) is 4.81. The van der Waals surface area contributed by atoms with Crippen molar-refractivity contribution in [2.24, 2.45) is 0 Å². The van der Waals surface area contributed by atoms with Crippen molar-refractivity contribution in [3.8, 4) is 0 Å². The highest BCUT2D eigenvalue weighted by molar-refractivity contribution is 7.99. The molecule has 2 nitrogen and oxygen atoms in total. The van der Waals surface area contributed by atoms with E-state index in [0.29, 0.717) is 11.8 Å². The van der Waals surface area contributed by atoms with Crippen molar-refractivity contribution in [3.63, 3.8) is 0 Å². The molecule has 1 atom stereocenters. The zero-order valence-electron chi connectivity index (χ0n) is 6.26. The summed E-state index contributed by atoms with van der Waals surface area (Å²) in [5.74, 6) is 0.912. The molecule has 1 N–H and O–H groups in total. The molecule has 0 radical (unpaired) electrons. The van der Waals surface area contributed by atoms with Gasteiger partial charge in [-0.15, -0.1) is 4.72 Å². The fourth-order valence-corrected chi connectivity index (χ4v) is 2.37. The van der Waals surface area contributed by atoms with E-state index in [1.807, 2.05) is 5.41 Å². The summed E-state index contributed by atoms with van der Waals surface area (Å²) in [6.45, 7) is 4.17. The highest BCUT2D eigenvalue weighted by Gasteiger charge is 2.26. The van der Waals surface area contributed by atoms with Gasteiger partial charge < -0.3 is 0 Å². The van der Waals surface area contributed by atoms with Crippen molar-refractivity contribution in [1.29, 1.82) is 0 Å². The number of hydrogen-bond acceptors (Lipinski definition) is 2. The normalized spacial score (nSPS) is 24.7. The summed E-state index contributed by atoms with van der Waals surface area (Å²) in [4.78, 5) is 10.7. The summed E-state index contributed by atoms with van der Waals surface area (Å²) in [6, 6.07) is 0.471. The number of nitrogens with one attached hydrogen (secondary N) is 1. The molecular weight excluding hydrogens is 146 g/mol. The summed E-state index contributed by atoms with van der Waals surface area (Å²) in [7, 11) is 0. The first-order valence-electron chi connectivity index (χ1n) is 3.35. The largest absolute Gasteiger partial charge is 0.289 e. The van der Waals surface area contributed by atoms with Crippen LogP contribution in [-0.2, 0) is 15.9 Å². The Balaban J connectivity index is 2.33. The molecule has 10 heavy (non-hydrogen) atoms. The topological polar surface area (TPSA) is 29.1 Å². The molecule has 0 aromatic heterocycles. The van der Waals surface area contributed by atoms with Crippen LogP contribution in [-0.4, -0.2) is 17.6 Å². The third kappa shape index (κ3) is 2.15. The fourth-order valence-electron chi connectivity index (χ4n) is 0.791. The van der Waals surface area contributed by atoms with Crippen molar-refractivity contribution in [1.82, 2.24) is 4.72 Å². The Bertz CT molecular complexity index is 165. The first kappa shape index (κ1) is 7.82. The van der Waals surface area contributed by atoms with Crippen LogP contribution in [0.15, 0.2) is 11.5 Å². The van der Waals surface area contributed by atoms with E-state index < -0.39 is 0 Å². The lowest BCUT2D eigenvalue weighted by molar-refractivity contribution is -0.112. The molecule has 0 spiro atoms. The Hall–Kier alpha value is -0.280. The summed E-state index contributed by atoms with van der Waals surface area (Å²) in [5, 5.41) is 1.96. The standard InChI is InChI=1S/C7H12NOS/c1-6(2)8-10-4-3-7(9)5-10/h3-4,6,8H,5H2,1-2H3/q+1. The zero-order valence-corrected chi connectivity index (χ0v) is 7.07. The molecule has 1 rings (SSSR count). The third-order valence-corrected chi connectivity index (χ3v) is 2.94. The highest BCUT2D eigenvalue weighted by Crippen LogP contribution is 2.04. The molecule has 0 fully saturated rings. The van der Waals surface area contributed by atoms with Gasteiger partial charge in [0.05, 0.1) is 0 Å². The second-order valence-electron chi connectivity index (χ2n) is 2.61. The Labute approximate surface area is 64.2 Å². The van der Waals surface area contributed by atoms with Crippen molar-refractivity contribution < 1.29 is 4.79 Å². The number of ketones is 1. The van der Waals surface area contributed by atoms with Crippen LogP contribution in [0.4, 0.5) is 0 Å². The predicted molar refractivity (Wildman–Crippen MR) is 44.7 cm³/mol. The van der Waals surface area contributed by atoms with Crippen molar-refractivity contribution in [2.45, 2.75) is 19.9 Å². The molecule has 0 aromatic carbocycles. The molecule has 0 bridgehead atoms. The molecular formula is C7H12NOS+. The molecule has 0 amide bonds. The maximum atomic E-state index is 10.7. The first-order chi connectivity index (χ1) is 4.68. The maximum Gasteiger partial charge on any atom is 0.211 e. The van der Waals surface area contributed by atoms with E-state index in [1.54, 1.807) is 6.08 Å². The van der Waals surface area contributed by atoms with Crippen LogP contribution in [0, 0.1) is 0 Å². The van der Waals surface area contributed by atoms with Crippen LogP contribution in [0.5, 0.6) is 0 Å². The van der Waals surface area contributed by atoms with Gasteiger partial charge in [0.2, 0.25) is 5.78 Å². The number of allylic oxidation sites excluding steroid dienone is 1. The van der Waals surface area contributed by atoms with E-state index in [-0.39, 0.29) is 16.9 Å². The number of carbonyl (C=O) groups is 1. The van der Waals surface area contributed by atoms with Crippen LogP contribution in [0.25, 0.3) is 0 Å². The maximum absolute atomic E-state index is 10.7. The molecule has 1 unspecified atom stereocenters. The predicted octanol–water partition coefficient (Wildman–Crippen LogP) is 0.614. The Morgan fingerprint density at radius 3 is 2.80 bits per heavy atom. The molecule has 1 heterocycles. The van der Waals surface area contributed by atoms with E-state index in [0.717, 1.165) is 0 Å². The molecule has 0 saturated heterocycles. The minimum atomic E-state index is 0.0324. The van der Waals surface area contributed by atoms with Gasteiger partial charge >= 0.3 is 0 Å². The SMILES string of the molecule is CC(C)N[S+]1C=CC(=O)C1. The highest BCUT2D eigenvalue weighted by atomic mass is 32.2. The van der Waals surface area contributed by atoms with Crippen LogP contribution < -0.4 is 4.72 Å². The average Bonchev–Trinajstić information content (AvgIpc) is 2.13. The van der Waals surface area contributed by atoms with E-state index in [4.69, 9.17) is 0 Å². The summed E-state index contributed by atoms with van der Waals surface area (Å²) in [5.41, 5.74) is 0. The fraction of sp³-hybridized carbons (Fsp3) is 0.571. The lowest BCUT2D eigenvalue weighted by Gasteiger charge is -2.01. The van der Waals surface area contributed by atoms with Gasteiger partial charge in [-0.2, -0.15) is 0 Å². The number of rotatable bonds is 2. The molecule has 0 aromatic rings. The van der Waals surface area contributed by atoms with Gasteiger partial charge in [-0.1, -0.05) is 0 Å². The van der Waals surface area contributed by atoms with E-state index in [1.165, 1.54) is 0 Å². The van der Waals surface area contributed by atoms with E-state index >= 15 is 0 Å². The van der Waals surface area contributed by atoms with E-state index in [2.05, 4.69) is 18.6 Å². The van der Waals surface area contributed by atoms with Crippen LogP contribution in [0.1, 0.15) is 13.8 Å². The summed E-state index contributed by atoms with van der Waals surface area (Å²) in [6.07, 6.45) is 1.67. The quantitative estimate of drug-likeness (QED) is 0.597. The second-order valence-corrected chi connectivity index (χ2v) is 4.27. The third-order valence-electron chi connectivity index (χ3n) is 1.10. The zero-order chi connectivity index (χ0) is 7.56. The number of carbonyl (C=O) groups excluding carboxylic acids is 1. The number of hydrogen-bond donors (Lipinski definition) is 1. The Morgan fingerprint density at radius 1 is 1.70 bits per heavy atom. The van der Waals surface area contributed by atoms with Crippen molar-refractivity contribution in [2.75, 3.05) is 5.75 Å². The van der Waals surface area contributed by atoms with Crippen molar-refractivity contribution >= 4 is 16.9 Å². The Kier molecular flexibility index (Phi) is 2.51. The molecule has 1 aliphatic heterocycles. The summed E-state index contributed by atoms with van der Waals surface area (Å²) >= 11 is 0.0324.